The molecule has 0 radical (unpaired) electrons. The van der Waals surface area contributed by atoms with Gasteiger partial charge in [0.1, 0.15) is 0 Å². The Morgan fingerprint density at radius 3 is 2.62 bits per heavy atom. The third-order valence-electron chi connectivity index (χ3n) is 2.82. The first-order chi connectivity index (χ1) is 7.66. The predicted octanol–water partition coefficient (Wildman–Crippen LogP) is 2.87. The van der Waals surface area contributed by atoms with Crippen LogP contribution in [0.1, 0.15) is 22.3 Å². The summed E-state index contributed by atoms with van der Waals surface area (Å²) in [6, 6.07) is 8.34. The number of aryl methyl sites for hydroxylation is 2. The molecule has 2 heteroatoms. The summed E-state index contributed by atoms with van der Waals surface area (Å²) in [6.45, 7) is 4.24. The molecule has 1 aromatic heterocycles. The Labute approximate surface area is 96.1 Å². The first-order valence-corrected chi connectivity index (χ1v) is 5.41. The standard InChI is InChI=1S/C14H16N2/c1-10-3-4-12(11(2)7-10)8-13-9-16-6-5-14(13)15/h3-7,9H,8H2,1-2H3,(H2,15,16). The van der Waals surface area contributed by atoms with E-state index in [1.165, 1.54) is 16.7 Å². The van der Waals surface area contributed by atoms with E-state index in [1.54, 1.807) is 6.20 Å². The van der Waals surface area contributed by atoms with Gasteiger partial charge < -0.3 is 5.73 Å². The molecule has 0 bridgehead atoms. The van der Waals surface area contributed by atoms with Gasteiger partial charge in [0, 0.05) is 24.5 Å². The molecule has 1 heterocycles. The quantitative estimate of drug-likeness (QED) is 0.831. The highest BCUT2D eigenvalue weighted by Gasteiger charge is 2.03. The van der Waals surface area contributed by atoms with Crippen molar-refractivity contribution >= 4 is 5.69 Å². The second-order valence-electron chi connectivity index (χ2n) is 4.18. The highest BCUT2D eigenvalue weighted by molar-refractivity contribution is 5.47. The summed E-state index contributed by atoms with van der Waals surface area (Å²) in [5.74, 6) is 0. The molecule has 1 aromatic carbocycles. The van der Waals surface area contributed by atoms with E-state index in [4.69, 9.17) is 5.73 Å². The molecule has 0 spiro atoms. The maximum atomic E-state index is 5.91. The number of nitrogen functional groups attached to an aromatic ring is 1. The second-order valence-corrected chi connectivity index (χ2v) is 4.18. The van der Waals surface area contributed by atoms with Gasteiger partial charge in [-0.3, -0.25) is 4.98 Å². The Hall–Kier alpha value is -1.83. The van der Waals surface area contributed by atoms with E-state index < -0.39 is 0 Å². The molecule has 2 aromatic rings. The maximum absolute atomic E-state index is 5.91. The largest absolute Gasteiger partial charge is 0.398 e. The average Bonchev–Trinajstić information content (AvgIpc) is 2.25. The molecule has 0 aliphatic carbocycles. The van der Waals surface area contributed by atoms with Crippen molar-refractivity contribution in [2.24, 2.45) is 0 Å². The van der Waals surface area contributed by atoms with Gasteiger partial charge in [0.15, 0.2) is 0 Å². The van der Waals surface area contributed by atoms with Crippen molar-refractivity contribution in [3.05, 3.63) is 58.9 Å². The average molecular weight is 212 g/mol. The van der Waals surface area contributed by atoms with Crippen LogP contribution >= 0.6 is 0 Å². The highest BCUT2D eigenvalue weighted by atomic mass is 14.7. The summed E-state index contributed by atoms with van der Waals surface area (Å²) < 4.78 is 0. The van der Waals surface area contributed by atoms with Crippen molar-refractivity contribution in [3.8, 4) is 0 Å². The number of hydrogen-bond acceptors (Lipinski definition) is 2. The molecule has 0 aliphatic heterocycles. The van der Waals surface area contributed by atoms with Crippen molar-refractivity contribution in [2.75, 3.05) is 5.73 Å². The molecule has 0 saturated carbocycles. The summed E-state index contributed by atoms with van der Waals surface area (Å²) in [7, 11) is 0. The van der Waals surface area contributed by atoms with Crippen LogP contribution in [0.5, 0.6) is 0 Å². The minimum Gasteiger partial charge on any atom is -0.398 e. The molecule has 0 fully saturated rings. The molecular formula is C14H16N2. The fourth-order valence-corrected chi connectivity index (χ4v) is 1.83. The van der Waals surface area contributed by atoms with Gasteiger partial charge in [0.05, 0.1) is 0 Å². The Kier molecular flexibility index (Phi) is 2.91. The van der Waals surface area contributed by atoms with Crippen LogP contribution in [0, 0.1) is 13.8 Å². The third-order valence-corrected chi connectivity index (χ3v) is 2.82. The SMILES string of the molecule is Cc1ccc(Cc2cnccc2N)c(C)c1. The van der Waals surface area contributed by atoms with Crippen molar-refractivity contribution in [2.45, 2.75) is 20.3 Å². The number of rotatable bonds is 2. The first-order valence-electron chi connectivity index (χ1n) is 5.41. The molecule has 2 N–H and O–H groups in total. The minimum absolute atomic E-state index is 0.815. The summed E-state index contributed by atoms with van der Waals surface area (Å²) in [6.07, 6.45) is 4.42. The minimum atomic E-state index is 0.815. The Morgan fingerprint density at radius 2 is 1.94 bits per heavy atom. The van der Waals surface area contributed by atoms with E-state index in [9.17, 15) is 0 Å². The van der Waals surface area contributed by atoms with Crippen molar-refractivity contribution in [1.29, 1.82) is 0 Å². The molecule has 82 valence electrons. The third kappa shape index (κ3) is 2.22. The molecule has 0 aliphatic rings. The van der Waals surface area contributed by atoms with E-state index in [-0.39, 0.29) is 0 Å². The normalized spacial score (nSPS) is 10.4. The van der Waals surface area contributed by atoms with Gasteiger partial charge in [-0.2, -0.15) is 0 Å². The van der Waals surface area contributed by atoms with Crippen LogP contribution in [0.2, 0.25) is 0 Å². The molecule has 2 rings (SSSR count). The first kappa shape index (κ1) is 10.7. The van der Waals surface area contributed by atoms with E-state index in [0.29, 0.717) is 0 Å². The zero-order valence-electron chi connectivity index (χ0n) is 9.70. The fourth-order valence-electron chi connectivity index (χ4n) is 1.83. The molecule has 0 amide bonds. The van der Waals surface area contributed by atoms with E-state index in [2.05, 4.69) is 37.0 Å². The number of hydrogen-bond donors (Lipinski definition) is 1. The topological polar surface area (TPSA) is 38.9 Å². The molecular weight excluding hydrogens is 196 g/mol. The monoisotopic (exact) mass is 212 g/mol. The summed E-state index contributed by atoms with van der Waals surface area (Å²) in [5, 5.41) is 0. The molecule has 0 atom stereocenters. The zero-order chi connectivity index (χ0) is 11.5. The number of benzene rings is 1. The van der Waals surface area contributed by atoms with Crippen molar-refractivity contribution in [1.82, 2.24) is 4.98 Å². The summed E-state index contributed by atoms with van der Waals surface area (Å²) in [5.41, 5.74) is 11.7. The smallest absolute Gasteiger partial charge is 0.0380 e. The number of pyridine rings is 1. The van der Waals surface area contributed by atoms with Crippen LogP contribution < -0.4 is 5.73 Å². The maximum Gasteiger partial charge on any atom is 0.0380 e. The van der Waals surface area contributed by atoms with E-state index >= 15 is 0 Å². The number of nitrogens with zero attached hydrogens (tertiary/aromatic N) is 1. The lowest BCUT2D eigenvalue weighted by atomic mass is 9.99. The van der Waals surface area contributed by atoms with Gasteiger partial charge in [-0.15, -0.1) is 0 Å². The Morgan fingerprint density at radius 1 is 1.12 bits per heavy atom. The van der Waals surface area contributed by atoms with Gasteiger partial charge in [-0.25, -0.2) is 0 Å². The van der Waals surface area contributed by atoms with E-state index in [1.807, 2.05) is 12.3 Å². The molecule has 2 nitrogen and oxygen atoms in total. The van der Waals surface area contributed by atoms with Gasteiger partial charge in [-0.1, -0.05) is 23.8 Å². The number of aromatic nitrogens is 1. The van der Waals surface area contributed by atoms with E-state index in [0.717, 1.165) is 17.7 Å². The van der Waals surface area contributed by atoms with Gasteiger partial charge in [0.25, 0.3) is 0 Å². The Balaban J connectivity index is 2.31. The second kappa shape index (κ2) is 4.35. The lowest BCUT2D eigenvalue weighted by molar-refractivity contribution is 1.12. The molecule has 0 saturated heterocycles. The van der Waals surface area contributed by atoms with Crippen LogP contribution in [-0.2, 0) is 6.42 Å². The van der Waals surface area contributed by atoms with Crippen LogP contribution in [0.25, 0.3) is 0 Å². The number of nitrogens with two attached hydrogens (primary N) is 1. The van der Waals surface area contributed by atoms with Crippen LogP contribution in [0.3, 0.4) is 0 Å². The summed E-state index contributed by atoms with van der Waals surface area (Å²) >= 11 is 0. The lowest BCUT2D eigenvalue weighted by Crippen LogP contribution is -1.98. The fraction of sp³-hybridized carbons (Fsp3) is 0.214. The molecule has 0 unspecified atom stereocenters. The van der Waals surface area contributed by atoms with Crippen LogP contribution in [-0.4, -0.2) is 4.98 Å². The van der Waals surface area contributed by atoms with Gasteiger partial charge in [-0.05, 0) is 36.6 Å². The van der Waals surface area contributed by atoms with Gasteiger partial charge >= 0.3 is 0 Å². The predicted molar refractivity (Wildman–Crippen MR) is 67.4 cm³/mol. The lowest BCUT2D eigenvalue weighted by Gasteiger charge is -2.08. The van der Waals surface area contributed by atoms with Crippen LogP contribution in [0.4, 0.5) is 5.69 Å². The van der Waals surface area contributed by atoms with Crippen molar-refractivity contribution < 1.29 is 0 Å². The summed E-state index contributed by atoms with van der Waals surface area (Å²) in [4.78, 5) is 4.11. The number of anilines is 1. The van der Waals surface area contributed by atoms with Crippen molar-refractivity contribution in [3.63, 3.8) is 0 Å². The molecule has 16 heavy (non-hydrogen) atoms. The highest BCUT2D eigenvalue weighted by Crippen LogP contribution is 2.18. The zero-order valence-corrected chi connectivity index (χ0v) is 9.70. The van der Waals surface area contributed by atoms with Gasteiger partial charge in [0.2, 0.25) is 0 Å². The Bertz CT molecular complexity index is 504. The van der Waals surface area contributed by atoms with Crippen LogP contribution in [0.15, 0.2) is 36.7 Å².